The lowest BCUT2D eigenvalue weighted by molar-refractivity contribution is -0.132. The highest BCUT2D eigenvalue weighted by molar-refractivity contribution is 7.39. The highest BCUT2D eigenvalue weighted by Crippen LogP contribution is 2.47. The van der Waals surface area contributed by atoms with Crippen LogP contribution in [-0.2, 0) is 4.79 Å². The predicted molar refractivity (Wildman–Crippen MR) is 163 cm³/mol. The number of para-hydroxylation sites is 1. The third-order valence-electron chi connectivity index (χ3n) is 6.77. The lowest BCUT2D eigenvalue weighted by Gasteiger charge is -2.09. The molecule has 188 valence electrons. The molecular weight excluding hydrogens is 545 g/mol. The van der Waals surface area contributed by atoms with Crippen molar-refractivity contribution >= 4 is 86.7 Å². The number of carboxylic acids is 1. The van der Waals surface area contributed by atoms with E-state index in [-0.39, 0.29) is 5.57 Å². The summed E-state index contributed by atoms with van der Waals surface area (Å²) in [4.78, 5) is 13.2. The molecule has 5 nitrogen and oxygen atoms in total. The molecule has 0 amide bonds. The molecule has 0 aliphatic carbocycles. The maximum atomic E-state index is 11.3. The van der Waals surface area contributed by atoms with Gasteiger partial charge < -0.3 is 14.4 Å². The molecule has 7 rings (SSSR count). The molecule has 1 N–H and O–H groups in total. The second kappa shape index (κ2) is 9.10. The van der Waals surface area contributed by atoms with Crippen LogP contribution in [0.5, 0.6) is 5.75 Å². The van der Waals surface area contributed by atoms with Gasteiger partial charge in [0, 0.05) is 35.6 Å². The average molecular weight is 563 g/mol. The van der Waals surface area contributed by atoms with E-state index in [1.807, 2.05) is 18.2 Å². The van der Waals surface area contributed by atoms with E-state index in [0.717, 1.165) is 42.3 Å². The Hall–Kier alpha value is -4.42. The first-order valence-electron chi connectivity index (χ1n) is 12.0. The third kappa shape index (κ3) is 3.82. The first-order chi connectivity index (χ1) is 19.0. The summed E-state index contributed by atoms with van der Waals surface area (Å²) in [6, 6.07) is 29.2. The van der Waals surface area contributed by atoms with E-state index in [2.05, 4.69) is 65.2 Å². The van der Waals surface area contributed by atoms with Gasteiger partial charge in [-0.3, -0.25) is 0 Å². The zero-order valence-electron chi connectivity index (χ0n) is 20.5. The Bertz CT molecular complexity index is 2150. The number of carboxylic acid groups (broad SMARTS) is 1. The summed E-state index contributed by atoms with van der Waals surface area (Å²) in [7, 11) is 1.68. The van der Waals surface area contributed by atoms with Gasteiger partial charge in [0.2, 0.25) is 0 Å². The van der Waals surface area contributed by atoms with Crippen LogP contribution in [0.15, 0.2) is 84.4 Å². The largest absolute Gasteiger partial charge is 0.497 e. The standard InChI is InChI=1S/C31H18N2O3S3/c1-36-20-9-7-19(8-10-20)33-24-5-3-2-4-22(24)23-13-17(6-11-25(23)33)26-15-28-30(39-26)29-27(38-28)14-21(37-29)12-18(16-32)31(34)35/h2-15H,1H3,(H,34,35)/b18-12-. The topological polar surface area (TPSA) is 75.2 Å². The number of fused-ring (bicyclic) bond motifs is 6. The second-order valence-electron chi connectivity index (χ2n) is 9.01. The zero-order valence-corrected chi connectivity index (χ0v) is 22.9. The summed E-state index contributed by atoms with van der Waals surface area (Å²) in [6.07, 6.45) is 1.45. The molecular formula is C31H18N2O3S3. The fourth-order valence-corrected chi connectivity index (χ4v) is 8.96. The summed E-state index contributed by atoms with van der Waals surface area (Å²) in [6.45, 7) is 0. The number of ether oxygens (including phenoxy) is 1. The van der Waals surface area contributed by atoms with E-state index in [9.17, 15) is 9.90 Å². The Morgan fingerprint density at radius 3 is 2.41 bits per heavy atom. The van der Waals surface area contributed by atoms with Crippen molar-refractivity contribution in [3.63, 3.8) is 0 Å². The minimum Gasteiger partial charge on any atom is -0.497 e. The van der Waals surface area contributed by atoms with E-state index >= 15 is 0 Å². The SMILES string of the molecule is COc1ccc(-n2c3ccccc3c3cc(-c4cc5sc6cc(/C=C(/C#N)C(=O)O)sc6c5s4)ccc32)cc1. The third-order valence-corrected chi connectivity index (χ3v) is 10.5. The highest BCUT2D eigenvalue weighted by Gasteiger charge is 2.17. The van der Waals surface area contributed by atoms with Gasteiger partial charge in [-0.05, 0) is 66.2 Å². The number of aromatic nitrogens is 1. The van der Waals surface area contributed by atoms with E-state index in [4.69, 9.17) is 10.00 Å². The maximum Gasteiger partial charge on any atom is 0.346 e. The Morgan fingerprint density at radius 2 is 1.64 bits per heavy atom. The van der Waals surface area contributed by atoms with E-state index < -0.39 is 5.97 Å². The van der Waals surface area contributed by atoms with Crippen LogP contribution in [-0.4, -0.2) is 22.8 Å². The van der Waals surface area contributed by atoms with Gasteiger partial charge in [0.1, 0.15) is 17.4 Å². The molecule has 4 heterocycles. The Morgan fingerprint density at radius 1 is 0.897 bits per heavy atom. The quantitative estimate of drug-likeness (QED) is 0.168. The van der Waals surface area contributed by atoms with Crippen molar-refractivity contribution < 1.29 is 14.6 Å². The molecule has 39 heavy (non-hydrogen) atoms. The van der Waals surface area contributed by atoms with Gasteiger partial charge in [0.15, 0.2) is 0 Å². The first kappa shape index (κ1) is 23.7. The van der Waals surface area contributed by atoms with Crippen molar-refractivity contribution in [2.75, 3.05) is 7.11 Å². The van der Waals surface area contributed by atoms with Crippen LogP contribution in [0, 0.1) is 11.3 Å². The van der Waals surface area contributed by atoms with Crippen molar-refractivity contribution in [2.24, 2.45) is 0 Å². The van der Waals surface area contributed by atoms with Crippen molar-refractivity contribution in [1.82, 2.24) is 4.57 Å². The van der Waals surface area contributed by atoms with Gasteiger partial charge in [0.25, 0.3) is 0 Å². The molecule has 0 saturated carbocycles. The lowest BCUT2D eigenvalue weighted by atomic mass is 10.1. The van der Waals surface area contributed by atoms with Crippen LogP contribution in [0.2, 0.25) is 0 Å². The number of carbonyl (C=O) groups is 1. The molecule has 0 spiro atoms. The lowest BCUT2D eigenvalue weighted by Crippen LogP contribution is -1.96. The number of nitriles is 1. The predicted octanol–water partition coefficient (Wildman–Crippen LogP) is 8.94. The van der Waals surface area contributed by atoms with E-state index in [1.165, 1.54) is 42.5 Å². The number of hydrogen-bond acceptors (Lipinski definition) is 6. The summed E-state index contributed by atoms with van der Waals surface area (Å²) in [5.41, 5.74) is 4.29. The van der Waals surface area contributed by atoms with Crippen LogP contribution in [0.1, 0.15) is 4.88 Å². The van der Waals surface area contributed by atoms with Crippen LogP contribution < -0.4 is 4.74 Å². The molecule has 0 aliphatic rings. The van der Waals surface area contributed by atoms with Gasteiger partial charge in [0.05, 0.1) is 27.5 Å². The van der Waals surface area contributed by atoms with Crippen LogP contribution in [0.25, 0.3) is 62.8 Å². The van der Waals surface area contributed by atoms with Gasteiger partial charge in [-0.2, -0.15) is 5.26 Å². The maximum absolute atomic E-state index is 11.3. The summed E-state index contributed by atoms with van der Waals surface area (Å²) in [5, 5.41) is 20.7. The molecule has 7 aromatic rings. The molecule has 4 aromatic heterocycles. The fraction of sp³-hybridized carbons (Fsp3) is 0.0323. The first-order valence-corrected chi connectivity index (χ1v) is 14.5. The second-order valence-corrected chi connectivity index (χ2v) is 12.2. The summed E-state index contributed by atoms with van der Waals surface area (Å²) in [5.74, 6) is -0.378. The van der Waals surface area contributed by atoms with Crippen LogP contribution >= 0.6 is 34.0 Å². The monoisotopic (exact) mass is 562 g/mol. The molecule has 0 aliphatic heterocycles. The zero-order chi connectivity index (χ0) is 26.7. The molecule has 0 bridgehead atoms. The van der Waals surface area contributed by atoms with Gasteiger partial charge in [-0.15, -0.1) is 34.0 Å². The number of methoxy groups -OCH3 is 1. The summed E-state index contributed by atoms with van der Waals surface area (Å²) >= 11 is 4.98. The minimum atomic E-state index is -1.21. The minimum absolute atomic E-state index is 0.255. The Labute approximate surface area is 234 Å². The van der Waals surface area contributed by atoms with Gasteiger partial charge in [-0.1, -0.05) is 24.3 Å². The summed E-state index contributed by atoms with van der Waals surface area (Å²) < 4.78 is 12.3. The number of thiophene rings is 3. The molecule has 0 fully saturated rings. The van der Waals surface area contributed by atoms with Crippen molar-refractivity contribution in [3.8, 4) is 27.9 Å². The number of aliphatic carboxylic acids is 1. The van der Waals surface area contributed by atoms with Crippen molar-refractivity contribution in [2.45, 2.75) is 0 Å². The molecule has 8 heteroatoms. The normalized spacial score (nSPS) is 12.1. The van der Waals surface area contributed by atoms with E-state index in [0.29, 0.717) is 0 Å². The smallest absolute Gasteiger partial charge is 0.346 e. The fourth-order valence-electron chi connectivity index (χ4n) is 4.99. The number of hydrogen-bond donors (Lipinski definition) is 1. The molecule has 0 radical (unpaired) electrons. The molecule has 0 unspecified atom stereocenters. The van der Waals surface area contributed by atoms with Gasteiger partial charge >= 0.3 is 5.97 Å². The average Bonchev–Trinajstić information content (AvgIpc) is 3.70. The molecule has 3 aromatic carbocycles. The highest BCUT2D eigenvalue weighted by atomic mass is 32.1. The van der Waals surface area contributed by atoms with Crippen molar-refractivity contribution in [1.29, 1.82) is 5.26 Å². The van der Waals surface area contributed by atoms with Crippen molar-refractivity contribution in [3.05, 3.63) is 89.3 Å². The Kier molecular flexibility index (Phi) is 5.53. The number of rotatable bonds is 5. The van der Waals surface area contributed by atoms with Crippen LogP contribution in [0.3, 0.4) is 0 Å². The molecule has 0 atom stereocenters. The van der Waals surface area contributed by atoms with Crippen LogP contribution in [0.4, 0.5) is 0 Å². The molecule has 0 saturated heterocycles. The van der Waals surface area contributed by atoms with E-state index in [1.54, 1.807) is 35.9 Å². The Balaban J connectivity index is 1.35. The van der Waals surface area contributed by atoms with Gasteiger partial charge in [-0.25, -0.2) is 4.79 Å². The number of nitrogens with zero attached hydrogens (tertiary/aromatic N) is 2. The number of benzene rings is 3.